The second kappa shape index (κ2) is 6.91. The average Bonchev–Trinajstić information content (AvgIpc) is 2.36. The molecule has 1 N–H and O–H groups in total. The molecule has 1 atom stereocenters. The van der Waals surface area contributed by atoms with Gasteiger partial charge in [0.2, 0.25) is 0 Å². The topological polar surface area (TPSA) is 63.6 Å². The Kier molecular flexibility index (Phi) is 5.82. The fraction of sp³-hybridized carbons (Fsp3) is 0.571. The number of aliphatic hydroxyl groups excluding tert-OH is 1. The predicted octanol–water partition coefficient (Wildman–Crippen LogP) is 2.25. The molecule has 0 aromatic heterocycles. The number of aliphatic hydroxyl groups is 1. The molecule has 4 nitrogen and oxygen atoms in total. The summed E-state index contributed by atoms with van der Waals surface area (Å²) in [4.78, 5) is 0. The molecule has 0 aliphatic rings. The van der Waals surface area contributed by atoms with Gasteiger partial charge in [0.15, 0.2) is 0 Å². The number of hydrogen-bond acceptors (Lipinski definition) is 4. The normalized spacial score (nSPS) is 13.3. The molecule has 0 radical (unpaired) electrons. The molecule has 108 valence electrons. The highest BCUT2D eigenvalue weighted by Crippen LogP contribution is 2.26. The minimum atomic E-state index is -2.94. The SMILES string of the molecule is CCS(=O)(=O)CCCOc1ccc(C)cc1C(C)O. The molecule has 0 heterocycles. The first kappa shape index (κ1) is 16.0. The van der Waals surface area contributed by atoms with Crippen molar-refractivity contribution in [2.24, 2.45) is 0 Å². The van der Waals surface area contributed by atoms with E-state index in [4.69, 9.17) is 4.74 Å². The van der Waals surface area contributed by atoms with Crippen molar-refractivity contribution in [1.82, 2.24) is 0 Å². The van der Waals surface area contributed by atoms with Crippen LogP contribution in [0.15, 0.2) is 18.2 Å². The Morgan fingerprint density at radius 2 is 2.05 bits per heavy atom. The fourth-order valence-electron chi connectivity index (χ4n) is 1.73. The summed E-state index contributed by atoms with van der Waals surface area (Å²) in [6.45, 7) is 5.61. The van der Waals surface area contributed by atoms with Gasteiger partial charge in [-0.2, -0.15) is 0 Å². The lowest BCUT2D eigenvalue weighted by Gasteiger charge is -2.14. The first-order chi connectivity index (χ1) is 8.85. The monoisotopic (exact) mass is 286 g/mol. The van der Waals surface area contributed by atoms with Crippen LogP contribution in [0.4, 0.5) is 0 Å². The van der Waals surface area contributed by atoms with E-state index in [0.717, 1.165) is 11.1 Å². The Labute approximate surface area is 115 Å². The van der Waals surface area contributed by atoms with Crippen LogP contribution in [0.5, 0.6) is 5.75 Å². The van der Waals surface area contributed by atoms with Crippen molar-refractivity contribution in [1.29, 1.82) is 0 Å². The maximum absolute atomic E-state index is 11.3. The number of benzene rings is 1. The van der Waals surface area contributed by atoms with Crippen molar-refractivity contribution in [2.45, 2.75) is 33.3 Å². The van der Waals surface area contributed by atoms with E-state index >= 15 is 0 Å². The summed E-state index contributed by atoms with van der Waals surface area (Å²) in [5.41, 5.74) is 1.79. The van der Waals surface area contributed by atoms with E-state index in [9.17, 15) is 13.5 Å². The quantitative estimate of drug-likeness (QED) is 0.781. The van der Waals surface area contributed by atoms with Gasteiger partial charge in [-0.1, -0.05) is 18.6 Å². The third-order valence-corrected chi connectivity index (χ3v) is 4.70. The second-order valence-electron chi connectivity index (χ2n) is 4.66. The van der Waals surface area contributed by atoms with Crippen molar-refractivity contribution < 1.29 is 18.3 Å². The van der Waals surface area contributed by atoms with Gasteiger partial charge in [-0.25, -0.2) is 8.42 Å². The Balaban J connectivity index is 2.59. The van der Waals surface area contributed by atoms with Crippen molar-refractivity contribution in [2.75, 3.05) is 18.1 Å². The van der Waals surface area contributed by atoms with E-state index in [1.807, 2.05) is 25.1 Å². The van der Waals surface area contributed by atoms with Crippen LogP contribution in [0, 0.1) is 6.92 Å². The number of aryl methyl sites for hydroxylation is 1. The summed E-state index contributed by atoms with van der Waals surface area (Å²) in [6, 6.07) is 5.60. The molecular formula is C14H22O4S. The number of hydrogen-bond donors (Lipinski definition) is 1. The van der Waals surface area contributed by atoms with Crippen molar-refractivity contribution in [3.05, 3.63) is 29.3 Å². The van der Waals surface area contributed by atoms with E-state index in [0.29, 0.717) is 18.8 Å². The molecule has 0 amide bonds. The minimum absolute atomic E-state index is 0.138. The van der Waals surface area contributed by atoms with Crippen LogP contribution >= 0.6 is 0 Å². The molecule has 1 aromatic rings. The van der Waals surface area contributed by atoms with E-state index in [1.54, 1.807) is 13.8 Å². The third-order valence-electron chi connectivity index (χ3n) is 2.91. The summed E-state index contributed by atoms with van der Waals surface area (Å²) in [7, 11) is -2.94. The highest BCUT2D eigenvalue weighted by molar-refractivity contribution is 7.91. The van der Waals surface area contributed by atoms with Gasteiger partial charge >= 0.3 is 0 Å². The van der Waals surface area contributed by atoms with E-state index in [2.05, 4.69) is 0 Å². The van der Waals surface area contributed by atoms with Gasteiger partial charge in [0.05, 0.1) is 18.5 Å². The number of ether oxygens (including phenoxy) is 1. The first-order valence-electron chi connectivity index (χ1n) is 6.47. The Morgan fingerprint density at radius 3 is 2.63 bits per heavy atom. The zero-order valence-electron chi connectivity index (χ0n) is 11.7. The highest BCUT2D eigenvalue weighted by Gasteiger charge is 2.11. The summed E-state index contributed by atoms with van der Waals surface area (Å²) in [5, 5.41) is 9.68. The second-order valence-corrected chi connectivity index (χ2v) is 7.13. The maximum atomic E-state index is 11.3. The Bertz CT molecular complexity index is 506. The van der Waals surface area contributed by atoms with Crippen LogP contribution in [0.1, 0.15) is 37.5 Å². The van der Waals surface area contributed by atoms with E-state index in [1.165, 1.54) is 0 Å². The van der Waals surface area contributed by atoms with Gasteiger partial charge in [-0.05, 0) is 32.4 Å². The van der Waals surface area contributed by atoms with Gasteiger partial charge in [0, 0.05) is 11.3 Å². The molecule has 19 heavy (non-hydrogen) atoms. The smallest absolute Gasteiger partial charge is 0.150 e. The van der Waals surface area contributed by atoms with Crippen LogP contribution in [0.3, 0.4) is 0 Å². The highest BCUT2D eigenvalue weighted by atomic mass is 32.2. The van der Waals surface area contributed by atoms with Gasteiger partial charge in [0.25, 0.3) is 0 Å². The summed E-state index contributed by atoms with van der Waals surface area (Å²) < 4.78 is 28.2. The van der Waals surface area contributed by atoms with Crippen LogP contribution in [0.2, 0.25) is 0 Å². The minimum Gasteiger partial charge on any atom is -0.493 e. The fourth-order valence-corrected chi connectivity index (χ4v) is 2.58. The first-order valence-corrected chi connectivity index (χ1v) is 8.29. The summed E-state index contributed by atoms with van der Waals surface area (Å²) in [6.07, 6.45) is -0.141. The molecule has 0 fully saturated rings. The molecule has 1 rings (SSSR count). The average molecular weight is 286 g/mol. The molecule has 0 bridgehead atoms. The summed E-state index contributed by atoms with van der Waals surface area (Å²) >= 11 is 0. The maximum Gasteiger partial charge on any atom is 0.150 e. The molecule has 1 aromatic carbocycles. The van der Waals surface area contributed by atoms with Crippen molar-refractivity contribution in [3.8, 4) is 5.75 Å². The van der Waals surface area contributed by atoms with Gasteiger partial charge in [0.1, 0.15) is 15.6 Å². The molecular weight excluding hydrogens is 264 g/mol. The van der Waals surface area contributed by atoms with Crippen LogP contribution < -0.4 is 4.74 Å². The predicted molar refractivity (Wildman–Crippen MR) is 76.3 cm³/mol. The van der Waals surface area contributed by atoms with Gasteiger partial charge in [-0.15, -0.1) is 0 Å². The Morgan fingerprint density at radius 1 is 1.37 bits per heavy atom. The van der Waals surface area contributed by atoms with Gasteiger partial charge in [-0.3, -0.25) is 0 Å². The largest absolute Gasteiger partial charge is 0.493 e. The lowest BCUT2D eigenvalue weighted by Crippen LogP contribution is -2.12. The van der Waals surface area contributed by atoms with Crippen molar-refractivity contribution >= 4 is 9.84 Å². The lowest BCUT2D eigenvalue weighted by atomic mass is 10.1. The number of sulfone groups is 1. The van der Waals surface area contributed by atoms with Gasteiger partial charge < -0.3 is 9.84 Å². The molecule has 5 heteroatoms. The van der Waals surface area contributed by atoms with Crippen molar-refractivity contribution in [3.63, 3.8) is 0 Å². The van der Waals surface area contributed by atoms with Crippen LogP contribution in [-0.2, 0) is 9.84 Å². The molecule has 0 saturated carbocycles. The standard InChI is InChI=1S/C14H22O4S/c1-4-19(16,17)9-5-8-18-14-7-6-11(2)10-13(14)12(3)15/h6-7,10,12,15H,4-5,8-9H2,1-3H3. The number of rotatable bonds is 7. The Hall–Kier alpha value is -1.07. The third kappa shape index (κ3) is 5.20. The van der Waals surface area contributed by atoms with E-state index < -0.39 is 15.9 Å². The zero-order chi connectivity index (χ0) is 14.5. The molecule has 0 aliphatic carbocycles. The lowest BCUT2D eigenvalue weighted by molar-refractivity contribution is 0.191. The molecule has 0 aliphatic heterocycles. The zero-order valence-corrected chi connectivity index (χ0v) is 12.5. The molecule has 0 spiro atoms. The molecule has 1 unspecified atom stereocenters. The summed E-state index contributed by atoms with van der Waals surface area (Å²) in [5.74, 6) is 0.921. The van der Waals surface area contributed by atoms with Crippen LogP contribution in [-0.4, -0.2) is 31.6 Å². The van der Waals surface area contributed by atoms with E-state index in [-0.39, 0.29) is 11.5 Å². The van der Waals surface area contributed by atoms with Crippen LogP contribution in [0.25, 0.3) is 0 Å². The molecule has 0 saturated heterocycles.